The molecule has 0 bridgehead atoms. The van der Waals surface area contributed by atoms with Crippen LogP contribution in [-0.2, 0) is 27.6 Å². The molecule has 0 unspecified atom stereocenters. The molecule has 2 aliphatic rings. The predicted octanol–water partition coefficient (Wildman–Crippen LogP) is 2.43. The van der Waals surface area contributed by atoms with Crippen molar-refractivity contribution >= 4 is 21.4 Å². The maximum absolute atomic E-state index is 12.2. The zero-order valence-corrected chi connectivity index (χ0v) is 16.0. The third kappa shape index (κ3) is 4.21. The SMILES string of the molecule is O=C(C[C@H]1CCS(=O)(=O)C1)Nc1ccc(-c2nnc3n2CCCCC3)cc1. The maximum Gasteiger partial charge on any atom is 0.224 e. The first-order chi connectivity index (χ1) is 13.0. The van der Waals surface area contributed by atoms with Crippen molar-refractivity contribution in [1.29, 1.82) is 0 Å². The first-order valence-electron chi connectivity index (χ1n) is 9.53. The monoisotopic (exact) mass is 388 g/mol. The number of sulfone groups is 1. The van der Waals surface area contributed by atoms with Crippen molar-refractivity contribution in [3.8, 4) is 11.4 Å². The molecule has 144 valence electrons. The Kier molecular flexibility index (Phi) is 4.99. The molecule has 0 aliphatic carbocycles. The molecule has 4 rings (SSSR count). The Morgan fingerprint density at radius 2 is 1.96 bits per heavy atom. The molecule has 1 fully saturated rings. The van der Waals surface area contributed by atoms with Gasteiger partial charge in [0.2, 0.25) is 5.91 Å². The zero-order chi connectivity index (χ0) is 18.9. The van der Waals surface area contributed by atoms with Gasteiger partial charge in [0, 0.05) is 30.6 Å². The Morgan fingerprint density at radius 3 is 2.70 bits per heavy atom. The van der Waals surface area contributed by atoms with Crippen molar-refractivity contribution in [2.24, 2.45) is 5.92 Å². The number of aromatic nitrogens is 3. The summed E-state index contributed by atoms with van der Waals surface area (Å²) in [4.78, 5) is 12.2. The number of nitrogens with zero attached hydrogens (tertiary/aromatic N) is 3. The van der Waals surface area contributed by atoms with Gasteiger partial charge in [-0.1, -0.05) is 6.42 Å². The Morgan fingerprint density at radius 1 is 1.15 bits per heavy atom. The molecule has 1 N–H and O–H groups in total. The van der Waals surface area contributed by atoms with Gasteiger partial charge in [-0.2, -0.15) is 0 Å². The van der Waals surface area contributed by atoms with E-state index in [1.54, 1.807) is 0 Å². The van der Waals surface area contributed by atoms with Crippen LogP contribution in [0.3, 0.4) is 0 Å². The van der Waals surface area contributed by atoms with Gasteiger partial charge in [0.05, 0.1) is 11.5 Å². The number of anilines is 1. The summed E-state index contributed by atoms with van der Waals surface area (Å²) in [5.74, 6) is 2.04. The average molecular weight is 388 g/mol. The molecule has 1 saturated heterocycles. The first-order valence-corrected chi connectivity index (χ1v) is 11.4. The Labute approximate surface area is 159 Å². The van der Waals surface area contributed by atoms with Gasteiger partial charge in [-0.15, -0.1) is 10.2 Å². The van der Waals surface area contributed by atoms with Crippen LogP contribution in [0.5, 0.6) is 0 Å². The van der Waals surface area contributed by atoms with Gasteiger partial charge < -0.3 is 9.88 Å². The van der Waals surface area contributed by atoms with Crippen molar-refractivity contribution in [2.75, 3.05) is 16.8 Å². The lowest BCUT2D eigenvalue weighted by atomic mass is 10.0. The summed E-state index contributed by atoms with van der Waals surface area (Å²) in [6.45, 7) is 0.945. The van der Waals surface area contributed by atoms with Crippen molar-refractivity contribution in [1.82, 2.24) is 14.8 Å². The molecule has 3 heterocycles. The third-order valence-electron chi connectivity index (χ3n) is 5.34. The zero-order valence-electron chi connectivity index (χ0n) is 15.2. The van der Waals surface area contributed by atoms with E-state index >= 15 is 0 Å². The number of benzene rings is 1. The number of carbonyl (C=O) groups is 1. The smallest absolute Gasteiger partial charge is 0.224 e. The number of hydrogen-bond acceptors (Lipinski definition) is 5. The highest BCUT2D eigenvalue weighted by Gasteiger charge is 2.29. The fourth-order valence-electron chi connectivity index (χ4n) is 3.91. The molecule has 1 aromatic heterocycles. The molecule has 0 saturated carbocycles. The first kappa shape index (κ1) is 18.2. The second-order valence-electron chi connectivity index (χ2n) is 7.50. The van der Waals surface area contributed by atoms with E-state index in [4.69, 9.17) is 0 Å². The molecular formula is C19H24N4O3S. The van der Waals surface area contributed by atoms with Crippen LogP contribution in [0.1, 0.15) is 37.9 Å². The van der Waals surface area contributed by atoms with Gasteiger partial charge in [-0.05, 0) is 49.4 Å². The molecule has 7 nitrogen and oxygen atoms in total. The van der Waals surface area contributed by atoms with E-state index in [9.17, 15) is 13.2 Å². The summed E-state index contributed by atoms with van der Waals surface area (Å²) in [5.41, 5.74) is 1.69. The van der Waals surface area contributed by atoms with E-state index in [0.717, 1.165) is 43.0 Å². The van der Waals surface area contributed by atoms with Crippen LogP contribution in [-0.4, -0.2) is 40.6 Å². The predicted molar refractivity (Wildman–Crippen MR) is 103 cm³/mol. The molecule has 0 radical (unpaired) electrons. The van der Waals surface area contributed by atoms with Gasteiger partial charge in [0.1, 0.15) is 5.82 Å². The molecule has 0 spiro atoms. The van der Waals surface area contributed by atoms with Crippen molar-refractivity contribution in [3.05, 3.63) is 30.1 Å². The molecular weight excluding hydrogens is 364 g/mol. The topological polar surface area (TPSA) is 93.9 Å². The highest BCUT2D eigenvalue weighted by Crippen LogP contribution is 2.25. The Hall–Kier alpha value is -2.22. The van der Waals surface area contributed by atoms with Gasteiger partial charge >= 0.3 is 0 Å². The number of fused-ring (bicyclic) bond motifs is 1. The molecule has 1 amide bonds. The van der Waals surface area contributed by atoms with E-state index in [2.05, 4.69) is 20.1 Å². The van der Waals surface area contributed by atoms with Gasteiger partial charge in [0.25, 0.3) is 0 Å². The minimum absolute atomic E-state index is 0.0688. The Balaban J connectivity index is 1.41. The lowest BCUT2D eigenvalue weighted by Crippen LogP contribution is -2.17. The fraction of sp³-hybridized carbons (Fsp3) is 0.526. The van der Waals surface area contributed by atoms with E-state index in [1.165, 1.54) is 6.42 Å². The van der Waals surface area contributed by atoms with E-state index in [0.29, 0.717) is 12.1 Å². The summed E-state index contributed by atoms with van der Waals surface area (Å²) in [6, 6.07) is 7.60. The number of aryl methyl sites for hydroxylation is 1. The minimum Gasteiger partial charge on any atom is -0.326 e. The highest BCUT2D eigenvalue weighted by molar-refractivity contribution is 7.91. The van der Waals surface area contributed by atoms with Crippen LogP contribution in [0.25, 0.3) is 11.4 Å². The maximum atomic E-state index is 12.2. The minimum atomic E-state index is -2.95. The summed E-state index contributed by atoms with van der Waals surface area (Å²) in [6.07, 6.45) is 5.31. The molecule has 1 atom stereocenters. The average Bonchev–Trinajstić information content (AvgIpc) is 3.09. The van der Waals surface area contributed by atoms with Gasteiger partial charge in [-0.3, -0.25) is 4.79 Å². The van der Waals surface area contributed by atoms with Gasteiger partial charge in [0.15, 0.2) is 15.7 Å². The van der Waals surface area contributed by atoms with Crippen LogP contribution in [0.2, 0.25) is 0 Å². The van der Waals surface area contributed by atoms with Crippen LogP contribution in [0, 0.1) is 5.92 Å². The summed E-state index contributed by atoms with van der Waals surface area (Å²) in [7, 11) is -2.95. The highest BCUT2D eigenvalue weighted by atomic mass is 32.2. The van der Waals surface area contributed by atoms with Crippen LogP contribution in [0.15, 0.2) is 24.3 Å². The molecule has 2 aromatic rings. The summed E-state index contributed by atoms with van der Waals surface area (Å²) in [5, 5.41) is 11.5. The standard InChI is InChI=1S/C19H24N4O3S/c24-18(12-14-9-11-27(25,26)13-14)20-16-7-5-15(6-8-16)19-22-21-17-4-2-1-3-10-23(17)19/h5-8,14H,1-4,9-13H2,(H,20,24)/t14-/m1/s1. The number of nitrogens with one attached hydrogen (secondary N) is 1. The van der Waals surface area contributed by atoms with Crippen LogP contribution in [0.4, 0.5) is 5.69 Å². The summed E-state index contributed by atoms with van der Waals surface area (Å²) < 4.78 is 25.2. The van der Waals surface area contributed by atoms with Gasteiger partial charge in [-0.25, -0.2) is 8.42 Å². The molecule has 1 aromatic carbocycles. The molecule has 2 aliphatic heterocycles. The Bertz CT molecular complexity index is 934. The normalized spacial score (nSPS) is 21.4. The van der Waals surface area contributed by atoms with Crippen LogP contribution < -0.4 is 5.32 Å². The van der Waals surface area contributed by atoms with Crippen LogP contribution >= 0.6 is 0 Å². The summed E-state index contributed by atoms with van der Waals surface area (Å²) >= 11 is 0. The number of rotatable bonds is 4. The molecule has 8 heteroatoms. The number of hydrogen-bond donors (Lipinski definition) is 1. The number of carbonyl (C=O) groups excluding carboxylic acids is 1. The van der Waals surface area contributed by atoms with Crippen molar-refractivity contribution < 1.29 is 13.2 Å². The number of amides is 1. The fourth-order valence-corrected chi connectivity index (χ4v) is 5.77. The molecule has 27 heavy (non-hydrogen) atoms. The van der Waals surface area contributed by atoms with E-state index < -0.39 is 9.84 Å². The second kappa shape index (κ2) is 7.42. The largest absolute Gasteiger partial charge is 0.326 e. The lowest BCUT2D eigenvalue weighted by molar-refractivity contribution is -0.116. The third-order valence-corrected chi connectivity index (χ3v) is 7.17. The second-order valence-corrected chi connectivity index (χ2v) is 9.73. The van der Waals surface area contributed by atoms with Crippen molar-refractivity contribution in [3.63, 3.8) is 0 Å². The van der Waals surface area contributed by atoms with E-state index in [1.807, 2.05) is 24.3 Å². The van der Waals surface area contributed by atoms with E-state index in [-0.39, 0.29) is 29.8 Å². The lowest BCUT2D eigenvalue weighted by Gasteiger charge is -2.10. The quantitative estimate of drug-likeness (QED) is 0.868. The van der Waals surface area contributed by atoms with Crippen molar-refractivity contribution in [2.45, 2.75) is 45.1 Å².